The highest BCUT2D eigenvalue weighted by Gasteiger charge is 2.04. The lowest BCUT2D eigenvalue weighted by molar-refractivity contribution is -0.137. The highest BCUT2D eigenvalue weighted by molar-refractivity contribution is 7.99. The lowest BCUT2D eigenvalue weighted by Gasteiger charge is -2.03. The molecule has 0 aliphatic heterocycles. The molecule has 0 atom stereocenters. The van der Waals surface area contributed by atoms with E-state index in [0.29, 0.717) is 0 Å². The summed E-state index contributed by atoms with van der Waals surface area (Å²) in [5, 5.41) is 0.821. The largest absolute Gasteiger partial charge is 0.468 e. The Morgan fingerprint density at radius 2 is 1.94 bits per heavy atom. The zero-order chi connectivity index (χ0) is 12.8. The van der Waals surface area contributed by atoms with Gasteiger partial charge in [0.1, 0.15) is 0 Å². The van der Waals surface area contributed by atoms with Crippen LogP contribution < -0.4 is 0 Å². The van der Waals surface area contributed by atoms with E-state index in [4.69, 9.17) is 0 Å². The van der Waals surface area contributed by atoms with Crippen molar-refractivity contribution in [1.29, 1.82) is 0 Å². The van der Waals surface area contributed by atoms with E-state index in [-0.39, 0.29) is 11.7 Å². The van der Waals surface area contributed by atoms with Gasteiger partial charge in [0.25, 0.3) is 0 Å². The van der Waals surface area contributed by atoms with Gasteiger partial charge in [-0.25, -0.2) is 4.98 Å². The maximum Gasteiger partial charge on any atom is 0.316 e. The number of methoxy groups -OCH3 is 1. The number of rotatable bonds is 4. The van der Waals surface area contributed by atoms with Crippen LogP contribution in [0.1, 0.15) is 0 Å². The van der Waals surface area contributed by atoms with Crippen LogP contribution in [0.4, 0.5) is 0 Å². The van der Waals surface area contributed by atoms with E-state index in [9.17, 15) is 4.79 Å². The Morgan fingerprint density at radius 1 is 1.17 bits per heavy atom. The molecule has 3 nitrogen and oxygen atoms in total. The van der Waals surface area contributed by atoms with E-state index in [1.807, 2.05) is 48.5 Å². The van der Waals surface area contributed by atoms with Gasteiger partial charge in [0.15, 0.2) is 0 Å². The predicted octanol–water partition coefficient (Wildman–Crippen LogP) is 3.01. The lowest BCUT2D eigenvalue weighted by Crippen LogP contribution is -2.03. The van der Waals surface area contributed by atoms with Gasteiger partial charge >= 0.3 is 5.97 Å². The molecule has 0 N–H and O–H groups in total. The van der Waals surface area contributed by atoms with Gasteiger partial charge in [-0.2, -0.15) is 0 Å². The summed E-state index contributed by atoms with van der Waals surface area (Å²) < 4.78 is 4.60. The molecule has 1 aromatic carbocycles. The fraction of sp³-hybridized carbons (Fsp3) is 0.143. The van der Waals surface area contributed by atoms with Crippen molar-refractivity contribution in [3.05, 3.63) is 48.5 Å². The van der Waals surface area contributed by atoms with Crippen molar-refractivity contribution in [2.75, 3.05) is 12.9 Å². The van der Waals surface area contributed by atoms with E-state index in [2.05, 4.69) is 9.72 Å². The van der Waals surface area contributed by atoms with E-state index in [0.717, 1.165) is 16.3 Å². The molecule has 18 heavy (non-hydrogen) atoms. The van der Waals surface area contributed by atoms with Crippen molar-refractivity contribution in [2.24, 2.45) is 0 Å². The predicted molar refractivity (Wildman–Crippen MR) is 72.4 cm³/mol. The molecule has 0 aliphatic rings. The molecule has 2 aromatic rings. The summed E-state index contributed by atoms with van der Waals surface area (Å²) in [6, 6.07) is 15.7. The number of thioether (sulfide) groups is 1. The Kier molecular flexibility index (Phi) is 4.36. The molecule has 0 unspecified atom stereocenters. The minimum Gasteiger partial charge on any atom is -0.468 e. The molecule has 1 heterocycles. The summed E-state index contributed by atoms with van der Waals surface area (Å²) in [6.07, 6.45) is 0. The number of benzene rings is 1. The summed E-state index contributed by atoms with van der Waals surface area (Å²) in [5.41, 5.74) is 1.98. The van der Waals surface area contributed by atoms with E-state index in [1.165, 1.54) is 18.9 Å². The number of carbonyl (C=O) groups is 1. The summed E-state index contributed by atoms with van der Waals surface area (Å²) >= 11 is 1.38. The average molecular weight is 259 g/mol. The Hall–Kier alpha value is -1.81. The van der Waals surface area contributed by atoms with Gasteiger partial charge in [-0.1, -0.05) is 48.2 Å². The van der Waals surface area contributed by atoms with Crippen molar-refractivity contribution in [1.82, 2.24) is 4.98 Å². The van der Waals surface area contributed by atoms with Gasteiger partial charge in [0, 0.05) is 5.56 Å². The lowest BCUT2D eigenvalue weighted by atomic mass is 10.1. The van der Waals surface area contributed by atoms with Gasteiger partial charge in [-0.3, -0.25) is 4.79 Å². The van der Waals surface area contributed by atoms with Crippen LogP contribution in [0.15, 0.2) is 53.6 Å². The maximum atomic E-state index is 11.1. The molecular weight excluding hydrogens is 246 g/mol. The molecular formula is C14H13NO2S. The van der Waals surface area contributed by atoms with Gasteiger partial charge < -0.3 is 4.74 Å². The first-order chi connectivity index (χ1) is 8.79. The van der Waals surface area contributed by atoms with Crippen LogP contribution in [0.25, 0.3) is 11.3 Å². The monoisotopic (exact) mass is 259 g/mol. The zero-order valence-corrected chi connectivity index (χ0v) is 10.8. The Labute approximate surface area is 110 Å². The zero-order valence-electron chi connectivity index (χ0n) is 10.00. The minimum absolute atomic E-state index is 0.244. The Bertz CT molecular complexity index is 528. The van der Waals surface area contributed by atoms with Gasteiger partial charge in [0.2, 0.25) is 0 Å². The van der Waals surface area contributed by atoms with Gasteiger partial charge in [-0.05, 0) is 12.1 Å². The van der Waals surface area contributed by atoms with E-state index < -0.39 is 0 Å². The molecule has 2 rings (SSSR count). The first kappa shape index (κ1) is 12.6. The fourth-order valence-corrected chi connectivity index (χ4v) is 2.18. The second kappa shape index (κ2) is 6.21. The topological polar surface area (TPSA) is 39.2 Å². The Morgan fingerprint density at radius 3 is 2.67 bits per heavy atom. The number of hydrogen-bond donors (Lipinski definition) is 0. The number of esters is 1. The molecule has 4 heteroatoms. The van der Waals surface area contributed by atoms with Crippen LogP contribution in [0.2, 0.25) is 0 Å². The summed E-state index contributed by atoms with van der Waals surface area (Å²) in [4.78, 5) is 15.6. The van der Waals surface area contributed by atoms with Crippen LogP contribution in [0.5, 0.6) is 0 Å². The number of ether oxygens (including phenoxy) is 1. The second-order valence-electron chi connectivity index (χ2n) is 3.59. The van der Waals surface area contributed by atoms with E-state index >= 15 is 0 Å². The third-order valence-electron chi connectivity index (χ3n) is 2.36. The van der Waals surface area contributed by atoms with Crippen LogP contribution in [-0.4, -0.2) is 23.8 Å². The molecule has 0 fully saturated rings. The quantitative estimate of drug-likeness (QED) is 0.625. The van der Waals surface area contributed by atoms with Crippen molar-refractivity contribution < 1.29 is 9.53 Å². The van der Waals surface area contributed by atoms with Gasteiger partial charge in [0.05, 0.1) is 23.6 Å². The molecule has 0 saturated heterocycles. The number of carbonyl (C=O) groups excluding carboxylic acids is 1. The highest BCUT2D eigenvalue weighted by atomic mass is 32.2. The van der Waals surface area contributed by atoms with Crippen LogP contribution in [0, 0.1) is 0 Å². The summed E-state index contributed by atoms with van der Waals surface area (Å²) in [6.45, 7) is 0. The van der Waals surface area contributed by atoms with Crippen molar-refractivity contribution in [3.63, 3.8) is 0 Å². The molecule has 0 bridgehead atoms. The second-order valence-corrected chi connectivity index (χ2v) is 4.59. The SMILES string of the molecule is COC(=O)CSc1cccc(-c2ccccc2)n1. The highest BCUT2D eigenvalue weighted by Crippen LogP contribution is 2.21. The van der Waals surface area contributed by atoms with Crippen LogP contribution in [-0.2, 0) is 9.53 Å². The van der Waals surface area contributed by atoms with E-state index in [1.54, 1.807) is 0 Å². The smallest absolute Gasteiger partial charge is 0.316 e. The third kappa shape index (κ3) is 3.34. The summed E-state index contributed by atoms with van der Waals surface area (Å²) in [7, 11) is 1.39. The van der Waals surface area contributed by atoms with Crippen LogP contribution >= 0.6 is 11.8 Å². The van der Waals surface area contributed by atoms with Gasteiger partial charge in [-0.15, -0.1) is 0 Å². The molecule has 0 saturated carbocycles. The Balaban J connectivity index is 2.13. The number of pyridine rings is 1. The average Bonchev–Trinajstić information content (AvgIpc) is 2.46. The summed E-state index contributed by atoms with van der Waals surface area (Å²) in [5.74, 6) is 0.0359. The van der Waals surface area contributed by atoms with Crippen molar-refractivity contribution >= 4 is 17.7 Å². The van der Waals surface area contributed by atoms with Crippen LogP contribution in [0.3, 0.4) is 0 Å². The normalized spacial score (nSPS) is 10.1. The molecule has 92 valence electrons. The first-order valence-corrected chi connectivity index (χ1v) is 6.50. The number of nitrogens with zero attached hydrogens (tertiary/aromatic N) is 1. The molecule has 0 amide bonds. The molecule has 0 aliphatic carbocycles. The first-order valence-electron chi connectivity index (χ1n) is 5.51. The minimum atomic E-state index is -0.244. The molecule has 1 aromatic heterocycles. The third-order valence-corrected chi connectivity index (χ3v) is 3.26. The maximum absolute atomic E-state index is 11.1. The van der Waals surface area contributed by atoms with Crippen molar-refractivity contribution in [3.8, 4) is 11.3 Å². The molecule has 0 spiro atoms. The fourth-order valence-electron chi connectivity index (χ4n) is 1.46. The number of aromatic nitrogens is 1. The van der Waals surface area contributed by atoms with Crippen molar-refractivity contribution in [2.45, 2.75) is 5.03 Å². The number of hydrogen-bond acceptors (Lipinski definition) is 4. The standard InChI is InChI=1S/C14H13NO2S/c1-17-14(16)10-18-13-9-5-8-12(15-13)11-6-3-2-4-7-11/h2-9H,10H2,1H3. The molecule has 0 radical (unpaired) electrons.